The number of hydrogen-bond acceptors (Lipinski definition) is 3. The first-order valence-corrected chi connectivity index (χ1v) is 8.93. The molecule has 1 aromatic heterocycles. The lowest BCUT2D eigenvalue weighted by Gasteiger charge is -2.04. The Bertz CT molecular complexity index is 993. The molecule has 0 saturated heterocycles. The van der Waals surface area contributed by atoms with Crippen molar-refractivity contribution in [1.82, 2.24) is 4.57 Å². The molecule has 0 N–H and O–H groups in total. The first-order valence-electron chi connectivity index (χ1n) is 7.32. The number of halogens is 3. The third kappa shape index (κ3) is 3.70. The van der Waals surface area contributed by atoms with E-state index in [2.05, 4.69) is 20.9 Å². The van der Waals surface area contributed by atoms with Crippen molar-refractivity contribution in [2.75, 3.05) is 13.7 Å². The molecular weight excluding hydrogens is 414 g/mol. The van der Waals surface area contributed by atoms with Crippen molar-refractivity contribution in [2.45, 2.75) is 6.54 Å². The molecule has 0 unspecified atom stereocenters. The number of thiazole rings is 1. The van der Waals surface area contributed by atoms with E-state index in [0.29, 0.717) is 18.0 Å². The fraction of sp³-hybridized carbons (Fsp3) is 0.176. The van der Waals surface area contributed by atoms with Crippen molar-refractivity contribution in [3.05, 3.63) is 62.9 Å². The van der Waals surface area contributed by atoms with Gasteiger partial charge in [0, 0.05) is 18.1 Å². The zero-order valence-electron chi connectivity index (χ0n) is 13.1. The maximum Gasteiger partial charge on any atom is 0.285 e. The van der Waals surface area contributed by atoms with Gasteiger partial charge in [-0.15, -0.1) is 0 Å². The standard InChI is InChI=1S/C17H13BrF2N2O2S/c1-24-8-7-22-13-6-5-10(18)9-14(13)25-17(22)21-16(23)15-11(19)3-2-4-12(15)20/h2-6,9H,7-8H2,1H3. The molecule has 0 fully saturated rings. The normalized spacial score (nSPS) is 12.1. The predicted octanol–water partition coefficient (Wildman–Crippen LogP) is 4.13. The molecule has 0 aliphatic heterocycles. The van der Waals surface area contributed by atoms with Gasteiger partial charge in [0.25, 0.3) is 5.91 Å². The van der Waals surface area contributed by atoms with Crippen LogP contribution < -0.4 is 4.80 Å². The maximum atomic E-state index is 13.8. The van der Waals surface area contributed by atoms with Crippen molar-refractivity contribution in [3.8, 4) is 0 Å². The number of amides is 1. The minimum atomic E-state index is -0.951. The Morgan fingerprint density at radius 1 is 1.28 bits per heavy atom. The second kappa shape index (κ2) is 7.55. The topological polar surface area (TPSA) is 43.6 Å². The van der Waals surface area contributed by atoms with E-state index in [9.17, 15) is 13.6 Å². The molecule has 0 atom stereocenters. The first kappa shape index (κ1) is 17.9. The summed E-state index contributed by atoms with van der Waals surface area (Å²) in [5.74, 6) is -2.81. The highest BCUT2D eigenvalue weighted by Gasteiger charge is 2.17. The van der Waals surface area contributed by atoms with E-state index in [1.54, 1.807) is 11.7 Å². The molecule has 1 amide bonds. The smallest absolute Gasteiger partial charge is 0.285 e. The summed E-state index contributed by atoms with van der Waals surface area (Å²) in [6.07, 6.45) is 0. The van der Waals surface area contributed by atoms with Crippen molar-refractivity contribution >= 4 is 43.4 Å². The van der Waals surface area contributed by atoms with Crippen LogP contribution in [0.15, 0.2) is 45.9 Å². The fourth-order valence-corrected chi connectivity index (χ4v) is 3.98. The van der Waals surface area contributed by atoms with Gasteiger partial charge in [0.15, 0.2) is 4.80 Å². The molecule has 0 aliphatic carbocycles. The Kier molecular flexibility index (Phi) is 5.41. The van der Waals surface area contributed by atoms with Gasteiger partial charge in [0.05, 0.1) is 16.8 Å². The van der Waals surface area contributed by atoms with E-state index in [1.807, 2.05) is 18.2 Å². The highest BCUT2D eigenvalue weighted by molar-refractivity contribution is 9.10. The van der Waals surface area contributed by atoms with Crippen molar-refractivity contribution < 1.29 is 18.3 Å². The van der Waals surface area contributed by atoms with Crippen molar-refractivity contribution in [3.63, 3.8) is 0 Å². The second-order valence-corrected chi connectivity index (χ2v) is 7.08. The largest absolute Gasteiger partial charge is 0.383 e. The molecule has 0 radical (unpaired) electrons. The number of carbonyl (C=O) groups is 1. The van der Waals surface area contributed by atoms with Crippen LogP contribution in [0.25, 0.3) is 10.2 Å². The van der Waals surface area contributed by atoms with Crippen LogP contribution in [0, 0.1) is 11.6 Å². The van der Waals surface area contributed by atoms with Gasteiger partial charge in [-0.3, -0.25) is 4.79 Å². The number of carbonyl (C=O) groups excluding carboxylic acids is 1. The zero-order chi connectivity index (χ0) is 18.0. The second-order valence-electron chi connectivity index (χ2n) is 5.15. The first-order chi connectivity index (χ1) is 12.0. The molecule has 2 aromatic carbocycles. The number of methoxy groups -OCH3 is 1. The average Bonchev–Trinajstić information content (AvgIpc) is 2.88. The van der Waals surface area contributed by atoms with Crippen LogP contribution in [0.4, 0.5) is 8.78 Å². The van der Waals surface area contributed by atoms with Crippen molar-refractivity contribution in [1.29, 1.82) is 0 Å². The predicted molar refractivity (Wildman–Crippen MR) is 95.6 cm³/mol. The number of benzene rings is 2. The summed E-state index contributed by atoms with van der Waals surface area (Å²) in [6.45, 7) is 0.876. The van der Waals surface area contributed by atoms with E-state index in [1.165, 1.54) is 17.4 Å². The Morgan fingerprint density at radius 2 is 2.00 bits per heavy atom. The van der Waals surface area contributed by atoms with Crippen molar-refractivity contribution in [2.24, 2.45) is 4.99 Å². The lowest BCUT2D eigenvalue weighted by molar-refractivity contribution is 0.0989. The van der Waals surface area contributed by atoms with Gasteiger partial charge in [-0.05, 0) is 30.3 Å². The molecular formula is C17H13BrF2N2O2S. The highest BCUT2D eigenvalue weighted by Crippen LogP contribution is 2.22. The number of nitrogens with zero attached hydrogens (tertiary/aromatic N) is 2. The summed E-state index contributed by atoms with van der Waals surface area (Å²) in [5.41, 5.74) is 0.213. The lowest BCUT2D eigenvalue weighted by Crippen LogP contribution is -2.20. The van der Waals surface area contributed by atoms with Gasteiger partial charge in [-0.2, -0.15) is 4.99 Å². The lowest BCUT2D eigenvalue weighted by atomic mass is 10.2. The molecule has 0 aliphatic rings. The Labute approximate surface area is 154 Å². The molecule has 0 saturated carbocycles. The summed E-state index contributed by atoms with van der Waals surface area (Å²) < 4.78 is 36.3. The molecule has 0 bridgehead atoms. The molecule has 3 rings (SSSR count). The van der Waals surface area contributed by atoms with Gasteiger partial charge < -0.3 is 9.30 Å². The number of rotatable bonds is 4. The highest BCUT2D eigenvalue weighted by atomic mass is 79.9. The van der Waals surface area contributed by atoms with E-state index >= 15 is 0 Å². The van der Waals surface area contributed by atoms with Crippen LogP contribution in [0.2, 0.25) is 0 Å². The summed E-state index contributed by atoms with van der Waals surface area (Å²) in [7, 11) is 1.57. The quantitative estimate of drug-likeness (QED) is 0.629. The summed E-state index contributed by atoms with van der Waals surface area (Å²) in [4.78, 5) is 16.7. The Hall–Kier alpha value is -1.90. The maximum absolute atomic E-state index is 13.8. The molecule has 1 heterocycles. The summed E-state index contributed by atoms with van der Waals surface area (Å²) >= 11 is 4.67. The van der Waals surface area contributed by atoms with Gasteiger partial charge in [0.2, 0.25) is 0 Å². The number of aromatic nitrogens is 1. The van der Waals surface area contributed by atoms with Gasteiger partial charge in [0.1, 0.15) is 17.2 Å². The van der Waals surface area contributed by atoms with Crippen LogP contribution in [0.1, 0.15) is 10.4 Å². The van der Waals surface area contributed by atoms with Gasteiger partial charge >= 0.3 is 0 Å². The van der Waals surface area contributed by atoms with E-state index in [4.69, 9.17) is 4.74 Å². The number of fused-ring (bicyclic) bond motifs is 1. The van der Waals surface area contributed by atoms with Gasteiger partial charge in [-0.25, -0.2) is 8.78 Å². The van der Waals surface area contributed by atoms with Crippen LogP contribution in [-0.2, 0) is 11.3 Å². The van der Waals surface area contributed by atoms with Crippen LogP contribution in [0.5, 0.6) is 0 Å². The van der Waals surface area contributed by atoms with E-state index < -0.39 is 23.1 Å². The molecule has 130 valence electrons. The monoisotopic (exact) mass is 426 g/mol. The molecule has 0 spiro atoms. The minimum Gasteiger partial charge on any atom is -0.383 e. The minimum absolute atomic E-state index is 0.359. The van der Waals surface area contributed by atoms with Crippen LogP contribution in [-0.4, -0.2) is 24.2 Å². The third-order valence-corrected chi connectivity index (χ3v) is 5.07. The Balaban J connectivity index is 2.16. The Morgan fingerprint density at radius 3 is 2.68 bits per heavy atom. The van der Waals surface area contributed by atoms with Gasteiger partial charge in [-0.1, -0.05) is 33.3 Å². The number of hydrogen-bond donors (Lipinski definition) is 0. The fourth-order valence-electron chi connectivity index (χ4n) is 2.38. The van der Waals surface area contributed by atoms with Crippen LogP contribution >= 0.6 is 27.3 Å². The third-order valence-electron chi connectivity index (χ3n) is 3.54. The SMILES string of the molecule is COCCn1c(=NC(=O)c2c(F)cccc2F)sc2cc(Br)ccc21. The van der Waals surface area contributed by atoms with E-state index in [-0.39, 0.29) is 0 Å². The zero-order valence-corrected chi connectivity index (χ0v) is 15.5. The van der Waals surface area contributed by atoms with E-state index in [0.717, 1.165) is 26.8 Å². The summed E-state index contributed by atoms with van der Waals surface area (Å²) in [6, 6.07) is 8.94. The average molecular weight is 427 g/mol. The summed E-state index contributed by atoms with van der Waals surface area (Å²) in [5, 5.41) is 0. The molecule has 8 heteroatoms. The molecule has 25 heavy (non-hydrogen) atoms. The number of ether oxygens (including phenoxy) is 1. The molecule has 3 aromatic rings. The van der Waals surface area contributed by atoms with Crippen LogP contribution in [0.3, 0.4) is 0 Å². The molecule has 4 nitrogen and oxygen atoms in total.